The highest BCUT2D eigenvalue weighted by atomic mass is 16.4. The van der Waals surface area contributed by atoms with Crippen LogP contribution in [-0.4, -0.2) is 40.8 Å². The van der Waals surface area contributed by atoms with E-state index in [1.54, 1.807) is 0 Å². The normalized spacial score (nSPS) is 14.9. The highest BCUT2D eigenvalue weighted by molar-refractivity contribution is 5.86. The first-order chi connectivity index (χ1) is 5.49. The molecule has 0 aliphatic rings. The molecule has 0 heterocycles. The topological polar surface area (TPSA) is 113 Å². The Labute approximate surface area is 69.4 Å². The van der Waals surface area contributed by atoms with E-state index in [0.29, 0.717) is 0 Å². The van der Waals surface area contributed by atoms with Gasteiger partial charge in [-0.05, 0) is 6.92 Å². The number of carboxylic acid groups (broad SMARTS) is 1. The summed E-state index contributed by atoms with van der Waals surface area (Å²) in [5, 5.41) is 18.9. The number of carbonyl (C=O) groups is 2. The van der Waals surface area contributed by atoms with Crippen molar-refractivity contribution in [1.82, 2.24) is 5.32 Å². The fraction of sp³-hybridized carbons (Fsp3) is 0.667. The number of nitrogens with one attached hydrogen (secondary N) is 1. The molecular weight excluding hydrogens is 164 g/mol. The van der Waals surface area contributed by atoms with E-state index >= 15 is 0 Å². The minimum absolute atomic E-state index is 0.601. The Morgan fingerprint density at radius 1 is 1.58 bits per heavy atom. The second-order valence-corrected chi connectivity index (χ2v) is 2.37. The first-order valence-corrected chi connectivity index (χ1v) is 3.38. The fourth-order valence-electron chi connectivity index (χ4n) is 0.489. The van der Waals surface area contributed by atoms with Crippen LogP contribution in [0.3, 0.4) is 0 Å². The third-order valence-corrected chi connectivity index (χ3v) is 1.21. The molecule has 12 heavy (non-hydrogen) atoms. The number of hydrogen-bond donors (Lipinski definition) is 4. The molecule has 1 amide bonds. The third-order valence-electron chi connectivity index (χ3n) is 1.21. The van der Waals surface area contributed by atoms with Gasteiger partial charge in [-0.15, -0.1) is 0 Å². The van der Waals surface area contributed by atoms with Crippen LogP contribution in [-0.2, 0) is 9.59 Å². The maximum absolute atomic E-state index is 10.8. The second kappa shape index (κ2) is 4.68. The van der Waals surface area contributed by atoms with Crippen molar-refractivity contribution in [2.45, 2.75) is 19.0 Å². The molecule has 0 spiro atoms. The van der Waals surface area contributed by atoms with Crippen molar-refractivity contribution in [2.24, 2.45) is 5.73 Å². The van der Waals surface area contributed by atoms with Crippen LogP contribution in [0.25, 0.3) is 0 Å². The SMILES string of the molecule is CC(N)C(=O)N[C@H](CO)C(=O)O. The highest BCUT2D eigenvalue weighted by Gasteiger charge is 2.19. The number of aliphatic hydroxyl groups is 1. The standard InChI is InChI=1S/C6H12N2O4/c1-3(7)5(10)8-4(2-9)6(11)12/h3-4,9H,2,7H2,1H3,(H,8,10)(H,11,12)/t3?,4-/m1/s1. The zero-order chi connectivity index (χ0) is 9.72. The molecule has 0 saturated heterocycles. The largest absolute Gasteiger partial charge is 0.480 e. The van der Waals surface area contributed by atoms with Gasteiger partial charge in [0.25, 0.3) is 0 Å². The van der Waals surface area contributed by atoms with Gasteiger partial charge in [0.2, 0.25) is 5.91 Å². The zero-order valence-corrected chi connectivity index (χ0v) is 6.65. The average molecular weight is 176 g/mol. The minimum atomic E-state index is -1.29. The number of aliphatic carboxylic acids is 1. The van der Waals surface area contributed by atoms with Gasteiger partial charge in [-0.3, -0.25) is 4.79 Å². The quantitative estimate of drug-likeness (QED) is 0.392. The van der Waals surface area contributed by atoms with Crippen molar-refractivity contribution < 1.29 is 19.8 Å². The third kappa shape index (κ3) is 3.31. The zero-order valence-electron chi connectivity index (χ0n) is 6.65. The van der Waals surface area contributed by atoms with E-state index < -0.39 is 30.6 Å². The Bertz CT molecular complexity index is 180. The molecule has 0 aromatic heterocycles. The Hall–Kier alpha value is -1.14. The molecule has 6 nitrogen and oxygen atoms in total. The average Bonchev–Trinajstić information content (AvgIpc) is 1.98. The first kappa shape index (κ1) is 10.9. The number of nitrogens with two attached hydrogens (primary N) is 1. The molecule has 0 aliphatic carbocycles. The van der Waals surface area contributed by atoms with Gasteiger partial charge in [-0.25, -0.2) is 4.79 Å². The fourth-order valence-corrected chi connectivity index (χ4v) is 0.489. The predicted molar refractivity (Wildman–Crippen MR) is 40.3 cm³/mol. The molecule has 2 atom stereocenters. The Kier molecular flexibility index (Phi) is 4.24. The number of carboxylic acids is 1. The van der Waals surface area contributed by atoms with Gasteiger partial charge >= 0.3 is 5.97 Å². The summed E-state index contributed by atoms with van der Waals surface area (Å²) in [6, 6.07) is -2.05. The molecule has 6 heteroatoms. The van der Waals surface area contributed by atoms with Crippen LogP contribution in [0.1, 0.15) is 6.92 Å². The van der Waals surface area contributed by atoms with Gasteiger partial charge < -0.3 is 21.3 Å². The lowest BCUT2D eigenvalue weighted by atomic mass is 10.2. The summed E-state index contributed by atoms with van der Waals surface area (Å²) in [6.45, 7) is 0.777. The van der Waals surface area contributed by atoms with Gasteiger partial charge in [0.05, 0.1) is 12.6 Å². The lowest BCUT2D eigenvalue weighted by molar-refractivity contribution is -0.143. The molecule has 0 saturated carbocycles. The Morgan fingerprint density at radius 3 is 2.33 bits per heavy atom. The smallest absolute Gasteiger partial charge is 0.328 e. The van der Waals surface area contributed by atoms with Crippen LogP contribution in [0.2, 0.25) is 0 Å². The lowest BCUT2D eigenvalue weighted by Crippen LogP contribution is -2.48. The Morgan fingerprint density at radius 2 is 2.08 bits per heavy atom. The lowest BCUT2D eigenvalue weighted by Gasteiger charge is -2.12. The van der Waals surface area contributed by atoms with E-state index in [2.05, 4.69) is 5.32 Å². The number of aliphatic hydroxyl groups excluding tert-OH is 1. The molecular formula is C6H12N2O4. The summed E-state index contributed by atoms with van der Waals surface area (Å²) in [5.74, 6) is -1.89. The molecule has 0 radical (unpaired) electrons. The van der Waals surface area contributed by atoms with E-state index in [4.69, 9.17) is 15.9 Å². The number of carbonyl (C=O) groups excluding carboxylic acids is 1. The van der Waals surface area contributed by atoms with E-state index in [9.17, 15) is 9.59 Å². The predicted octanol–water partition coefficient (Wildman–Crippen LogP) is -2.10. The molecule has 1 unspecified atom stereocenters. The molecule has 0 bridgehead atoms. The van der Waals surface area contributed by atoms with E-state index in [1.165, 1.54) is 6.92 Å². The number of amides is 1. The number of hydrogen-bond acceptors (Lipinski definition) is 4. The summed E-state index contributed by atoms with van der Waals surface area (Å²) >= 11 is 0. The summed E-state index contributed by atoms with van der Waals surface area (Å²) < 4.78 is 0. The van der Waals surface area contributed by atoms with Gasteiger partial charge in [0.15, 0.2) is 0 Å². The van der Waals surface area contributed by atoms with Gasteiger partial charge in [-0.1, -0.05) is 0 Å². The van der Waals surface area contributed by atoms with Crippen LogP contribution >= 0.6 is 0 Å². The van der Waals surface area contributed by atoms with Crippen molar-refractivity contribution in [3.63, 3.8) is 0 Å². The maximum Gasteiger partial charge on any atom is 0.328 e. The summed E-state index contributed by atoms with van der Waals surface area (Å²) in [6.07, 6.45) is 0. The van der Waals surface area contributed by atoms with Gasteiger partial charge in [0.1, 0.15) is 6.04 Å². The van der Waals surface area contributed by atoms with E-state index in [0.717, 1.165) is 0 Å². The molecule has 5 N–H and O–H groups in total. The van der Waals surface area contributed by atoms with Gasteiger partial charge in [0, 0.05) is 0 Å². The van der Waals surface area contributed by atoms with E-state index in [1.807, 2.05) is 0 Å². The minimum Gasteiger partial charge on any atom is -0.480 e. The summed E-state index contributed by atoms with van der Waals surface area (Å²) in [4.78, 5) is 21.1. The van der Waals surface area contributed by atoms with Crippen molar-refractivity contribution in [1.29, 1.82) is 0 Å². The van der Waals surface area contributed by atoms with Crippen LogP contribution in [0, 0.1) is 0 Å². The second-order valence-electron chi connectivity index (χ2n) is 2.37. The summed E-state index contributed by atoms with van der Waals surface area (Å²) in [5.41, 5.74) is 5.15. The van der Waals surface area contributed by atoms with Crippen LogP contribution in [0.15, 0.2) is 0 Å². The van der Waals surface area contributed by atoms with Crippen LogP contribution < -0.4 is 11.1 Å². The highest BCUT2D eigenvalue weighted by Crippen LogP contribution is 1.84. The van der Waals surface area contributed by atoms with Crippen molar-refractivity contribution >= 4 is 11.9 Å². The Balaban J connectivity index is 4.03. The first-order valence-electron chi connectivity index (χ1n) is 3.38. The maximum atomic E-state index is 10.8. The monoisotopic (exact) mass is 176 g/mol. The molecule has 0 aliphatic heterocycles. The molecule has 0 aromatic carbocycles. The molecule has 0 fully saturated rings. The number of rotatable bonds is 4. The van der Waals surface area contributed by atoms with Crippen LogP contribution in [0.5, 0.6) is 0 Å². The molecule has 0 rings (SSSR count). The van der Waals surface area contributed by atoms with Crippen LogP contribution in [0.4, 0.5) is 0 Å². The molecule has 0 aromatic rings. The molecule has 70 valence electrons. The van der Waals surface area contributed by atoms with Gasteiger partial charge in [-0.2, -0.15) is 0 Å². The van der Waals surface area contributed by atoms with E-state index in [-0.39, 0.29) is 0 Å². The summed E-state index contributed by atoms with van der Waals surface area (Å²) in [7, 11) is 0. The van der Waals surface area contributed by atoms with Crippen molar-refractivity contribution in [2.75, 3.05) is 6.61 Å². The van der Waals surface area contributed by atoms with Crippen molar-refractivity contribution in [3.8, 4) is 0 Å². The van der Waals surface area contributed by atoms with Crippen molar-refractivity contribution in [3.05, 3.63) is 0 Å².